The SMILES string of the molecule is CC(C)(C)n1ncc2c(=O)[nH]c(NCC3CCCc4ccccc43)nc21. The minimum atomic E-state index is -0.234. The Morgan fingerprint density at radius 2 is 2.12 bits per heavy atom. The fraction of sp³-hybridized carbons (Fsp3) is 0.450. The first-order valence-electron chi connectivity index (χ1n) is 9.24. The van der Waals surface area contributed by atoms with Gasteiger partial charge >= 0.3 is 0 Å². The number of fused-ring (bicyclic) bond motifs is 2. The summed E-state index contributed by atoms with van der Waals surface area (Å²) in [5.41, 5.74) is 3.08. The minimum absolute atomic E-state index is 0.156. The lowest BCUT2D eigenvalue weighted by molar-refractivity contribution is 0.366. The number of hydrogen-bond acceptors (Lipinski definition) is 4. The largest absolute Gasteiger partial charge is 0.355 e. The molecule has 0 spiro atoms. The van der Waals surface area contributed by atoms with Crippen LogP contribution in [0.25, 0.3) is 11.0 Å². The molecule has 2 N–H and O–H groups in total. The average Bonchev–Trinajstić information content (AvgIpc) is 3.05. The molecule has 0 saturated heterocycles. The number of aromatic nitrogens is 4. The summed E-state index contributed by atoms with van der Waals surface area (Å²) in [6.07, 6.45) is 5.09. The molecule has 26 heavy (non-hydrogen) atoms. The number of rotatable bonds is 3. The zero-order valence-corrected chi connectivity index (χ0v) is 15.5. The van der Waals surface area contributed by atoms with Crippen LogP contribution in [0.3, 0.4) is 0 Å². The molecular formula is C20H25N5O. The van der Waals surface area contributed by atoms with Crippen LogP contribution in [-0.4, -0.2) is 26.3 Å². The van der Waals surface area contributed by atoms with Crippen molar-refractivity contribution in [1.82, 2.24) is 19.7 Å². The number of hydrogen-bond donors (Lipinski definition) is 2. The molecule has 0 fully saturated rings. The van der Waals surface area contributed by atoms with Crippen molar-refractivity contribution in [3.8, 4) is 0 Å². The van der Waals surface area contributed by atoms with E-state index in [2.05, 4.69) is 44.6 Å². The summed E-state index contributed by atoms with van der Waals surface area (Å²) in [4.78, 5) is 19.9. The van der Waals surface area contributed by atoms with Gasteiger partial charge in [0.2, 0.25) is 5.95 Å². The van der Waals surface area contributed by atoms with Crippen LogP contribution in [0.5, 0.6) is 0 Å². The van der Waals surface area contributed by atoms with E-state index in [0.29, 0.717) is 22.9 Å². The molecule has 1 aromatic carbocycles. The maximum absolute atomic E-state index is 12.4. The van der Waals surface area contributed by atoms with Crippen molar-refractivity contribution >= 4 is 17.0 Å². The number of nitrogens with one attached hydrogen (secondary N) is 2. The minimum Gasteiger partial charge on any atom is -0.355 e. The Morgan fingerprint density at radius 1 is 1.31 bits per heavy atom. The number of H-pyrrole nitrogens is 1. The smallest absolute Gasteiger partial charge is 0.263 e. The molecule has 6 nitrogen and oxygen atoms in total. The maximum atomic E-state index is 12.4. The van der Waals surface area contributed by atoms with Gasteiger partial charge < -0.3 is 5.32 Å². The monoisotopic (exact) mass is 351 g/mol. The van der Waals surface area contributed by atoms with Gasteiger partial charge in [0.1, 0.15) is 5.39 Å². The van der Waals surface area contributed by atoms with Crippen molar-refractivity contribution in [1.29, 1.82) is 0 Å². The highest BCUT2D eigenvalue weighted by Crippen LogP contribution is 2.31. The Balaban J connectivity index is 1.62. The molecular weight excluding hydrogens is 326 g/mol. The third-order valence-electron chi connectivity index (χ3n) is 5.08. The molecule has 1 aliphatic carbocycles. The van der Waals surface area contributed by atoms with Gasteiger partial charge in [-0.3, -0.25) is 9.78 Å². The standard InChI is InChI=1S/C20H25N5O/c1-20(2,3)25-17-16(12-22-25)18(26)24-19(23-17)21-11-14-9-6-8-13-7-4-5-10-15(13)14/h4-5,7,10,12,14H,6,8-9,11H2,1-3H3,(H2,21,23,24,26). The van der Waals surface area contributed by atoms with E-state index >= 15 is 0 Å². The Hall–Kier alpha value is -2.63. The Bertz CT molecular complexity index is 995. The maximum Gasteiger partial charge on any atom is 0.263 e. The number of anilines is 1. The Kier molecular flexibility index (Phi) is 4.05. The van der Waals surface area contributed by atoms with E-state index in [4.69, 9.17) is 0 Å². The van der Waals surface area contributed by atoms with E-state index in [9.17, 15) is 4.79 Å². The highest BCUT2D eigenvalue weighted by Gasteiger charge is 2.22. The summed E-state index contributed by atoms with van der Waals surface area (Å²) in [5, 5.41) is 8.23. The molecule has 4 rings (SSSR count). The predicted molar refractivity (Wildman–Crippen MR) is 104 cm³/mol. The molecule has 0 amide bonds. The Labute approximate surface area is 152 Å². The molecule has 1 unspecified atom stereocenters. The zero-order valence-electron chi connectivity index (χ0n) is 15.5. The van der Waals surface area contributed by atoms with Gasteiger partial charge in [-0.15, -0.1) is 0 Å². The number of aryl methyl sites for hydroxylation is 1. The molecule has 0 aliphatic heterocycles. The normalized spacial score (nSPS) is 17.3. The first-order valence-corrected chi connectivity index (χ1v) is 9.24. The summed E-state index contributed by atoms with van der Waals surface area (Å²) < 4.78 is 1.80. The molecule has 0 radical (unpaired) electrons. The van der Waals surface area contributed by atoms with Gasteiger partial charge in [0.15, 0.2) is 5.65 Å². The topological polar surface area (TPSA) is 75.6 Å². The van der Waals surface area contributed by atoms with Crippen molar-refractivity contribution < 1.29 is 0 Å². The van der Waals surface area contributed by atoms with Crippen LogP contribution in [0.1, 0.15) is 50.7 Å². The van der Waals surface area contributed by atoms with E-state index in [1.807, 2.05) is 20.8 Å². The van der Waals surface area contributed by atoms with Crippen molar-refractivity contribution in [2.75, 3.05) is 11.9 Å². The highest BCUT2D eigenvalue weighted by atomic mass is 16.1. The van der Waals surface area contributed by atoms with Gasteiger partial charge in [-0.2, -0.15) is 10.1 Å². The van der Waals surface area contributed by atoms with Crippen LogP contribution in [0.4, 0.5) is 5.95 Å². The fourth-order valence-corrected chi connectivity index (χ4v) is 3.78. The fourth-order valence-electron chi connectivity index (χ4n) is 3.78. The first-order chi connectivity index (χ1) is 12.4. The van der Waals surface area contributed by atoms with E-state index < -0.39 is 0 Å². The third kappa shape index (κ3) is 3.00. The van der Waals surface area contributed by atoms with E-state index in [1.54, 1.807) is 10.9 Å². The molecule has 3 aromatic rings. The van der Waals surface area contributed by atoms with Gasteiger partial charge in [0.05, 0.1) is 11.7 Å². The predicted octanol–water partition coefficient (Wildman–Crippen LogP) is 3.41. The van der Waals surface area contributed by atoms with Crippen LogP contribution in [-0.2, 0) is 12.0 Å². The van der Waals surface area contributed by atoms with Crippen molar-refractivity contribution in [2.24, 2.45) is 0 Å². The molecule has 2 heterocycles. The van der Waals surface area contributed by atoms with Crippen LogP contribution >= 0.6 is 0 Å². The van der Waals surface area contributed by atoms with Crippen molar-refractivity contribution in [2.45, 2.75) is 51.5 Å². The van der Waals surface area contributed by atoms with Crippen molar-refractivity contribution in [3.05, 3.63) is 51.9 Å². The zero-order chi connectivity index (χ0) is 18.3. The summed E-state index contributed by atoms with van der Waals surface area (Å²) in [6.45, 7) is 6.91. The average molecular weight is 351 g/mol. The van der Waals surface area contributed by atoms with E-state index in [1.165, 1.54) is 17.5 Å². The van der Waals surface area contributed by atoms with Gasteiger partial charge in [-0.05, 0) is 51.2 Å². The highest BCUT2D eigenvalue weighted by molar-refractivity contribution is 5.74. The quantitative estimate of drug-likeness (QED) is 0.758. The lowest BCUT2D eigenvalue weighted by Gasteiger charge is -2.25. The molecule has 6 heteroatoms. The van der Waals surface area contributed by atoms with Crippen LogP contribution < -0.4 is 10.9 Å². The molecule has 0 saturated carbocycles. The second-order valence-corrected chi connectivity index (χ2v) is 8.05. The second-order valence-electron chi connectivity index (χ2n) is 8.05. The summed E-state index contributed by atoms with van der Waals surface area (Å²) in [6, 6.07) is 8.64. The molecule has 2 aromatic heterocycles. The van der Waals surface area contributed by atoms with Crippen LogP contribution in [0, 0.1) is 0 Å². The van der Waals surface area contributed by atoms with Gasteiger partial charge in [-0.25, -0.2) is 4.68 Å². The summed E-state index contributed by atoms with van der Waals surface area (Å²) in [7, 11) is 0. The van der Waals surface area contributed by atoms with Crippen molar-refractivity contribution in [3.63, 3.8) is 0 Å². The van der Waals surface area contributed by atoms with E-state index in [0.717, 1.165) is 19.4 Å². The van der Waals surface area contributed by atoms with Crippen LogP contribution in [0.15, 0.2) is 35.3 Å². The summed E-state index contributed by atoms with van der Waals surface area (Å²) >= 11 is 0. The molecule has 0 bridgehead atoms. The number of benzene rings is 1. The lowest BCUT2D eigenvalue weighted by Crippen LogP contribution is -2.25. The first kappa shape index (κ1) is 16.8. The number of aromatic amines is 1. The van der Waals surface area contributed by atoms with Crippen LogP contribution in [0.2, 0.25) is 0 Å². The van der Waals surface area contributed by atoms with Gasteiger partial charge in [0, 0.05) is 12.5 Å². The van der Waals surface area contributed by atoms with Gasteiger partial charge in [-0.1, -0.05) is 24.3 Å². The number of nitrogens with zero attached hydrogens (tertiary/aromatic N) is 3. The van der Waals surface area contributed by atoms with Gasteiger partial charge in [0.25, 0.3) is 5.56 Å². The van der Waals surface area contributed by atoms with E-state index in [-0.39, 0.29) is 11.1 Å². The lowest BCUT2D eigenvalue weighted by atomic mass is 9.83. The second kappa shape index (κ2) is 6.27. The molecule has 1 atom stereocenters. The molecule has 136 valence electrons. The summed E-state index contributed by atoms with van der Waals surface area (Å²) in [5.74, 6) is 0.949. The molecule has 1 aliphatic rings. The Morgan fingerprint density at radius 3 is 2.92 bits per heavy atom. The third-order valence-corrected chi connectivity index (χ3v) is 5.08.